The average molecular weight is 224 g/mol. The molecule has 4 atom stereocenters. The Hall–Kier alpha value is -1.03. The van der Waals surface area contributed by atoms with Gasteiger partial charge in [-0.1, -0.05) is 6.58 Å². The number of hydrogen-bond acceptors (Lipinski definition) is 4. The van der Waals surface area contributed by atoms with Crippen LogP contribution >= 0.6 is 0 Å². The zero-order valence-electron chi connectivity index (χ0n) is 9.15. The van der Waals surface area contributed by atoms with Crippen molar-refractivity contribution in [2.75, 3.05) is 0 Å². The van der Waals surface area contributed by atoms with E-state index in [1.54, 1.807) is 0 Å². The zero-order chi connectivity index (χ0) is 11.4. The number of hydrogen-bond donors (Lipinski definition) is 1. The molecule has 4 unspecified atom stereocenters. The summed E-state index contributed by atoms with van der Waals surface area (Å²) < 4.78 is 11.0. The molecule has 2 heterocycles. The SMILES string of the molecule is C=COC12CC3CC(O)(CC(C1)C(=O)O3)C2. The summed E-state index contributed by atoms with van der Waals surface area (Å²) in [5.41, 5.74) is -1.23. The second-order valence-electron chi connectivity index (χ2n) is 5.44. The maximum atomic E-state index is 11.7. The Kier molecular flexibility index (Phi) is 1.90. The van der Waals surface area contributed by atoms with E-state index in [9.17, 15) is 9.90 Å². The Morgan fingerprint density at radius 3 is 3.00 bits per heavy atom. The van der Waals surface area contributed by atoms with Crippen molar-refractivity contribution in [2.45, 2.75) is 49.4 Å². The largest absolute Gasteiger partial charge is 0.495 e. The monoisotopic (exact) mass is 224 g/mol. The third-order valence-electron chi connectivity index (χ3n) is 4.05. The Morgan fingerprint density at radius 1 is 1.44 bits per heavy atom. The van der Waals surface area contributed by atoms with Gasteiger partial charge in [-0.25, -0.2) is 0 Å². The number of esters is 1. The summed E-state index contributed by atoms with van der Waals surface area (Å²) in [6, 6.07) is 0. The first-order chi connectivity index (χ1) is 7.54. The number of rotatable bonds is 2. The molecule has 0 spiro atoms. The lowest BCUT2D eigenvalue weighted by molar-refractivity contribution is -0.160. The zero-order valence-corrected chi connectivity index (χ0v) is 9.15. The lowest BCUT2D eigenvalue weighted by Crippen LogP contribution is -2.55. The van der Waals surface area contributed by atoms with E-state index in [-0.39, 0.29) is 18.0 Å². The highest BCUT2D eigenvalue weighted by Crippen LogP contribution is 2.53. The van der Waals surface area contributed by atoms with Crippen molar-refractivity contribution in [3.63, 3.8) is 0 Å². The maximum Gasteiger partial charge on any atom is 0.309 e. The molecule has 2 aliphatic heterocycles. The van der Waals surface area contributed by atoms with Crippen LogP contribution in [0, 0.1) is 5.92 Å². The fourth-order valence-electron chi connectivity index (χ4n) is 3.77. The van der Waals surface area contributed by atoms with E-state index in [1.807, 2.05) is 0 Å². The third-order valence-corrected chi connectivity index (χ3v) is 4.05. The molecular weight excluding hydrogens is 208 g/mol. The van der Waals surface area contributed by atoms with Crippen LogP contribution in [0.1, 0.15) is 32.1 Å². The maximum absolute atomic E-state index is 11.7. The van der Waals surface area contributed by atoms with Crippen molar-refractivity contribution in [1.82, 2.24) is 0 Å². The first-order valence-corrected chi connectivity index (χ1v) is 5.76. The van der Waals surface area contributed by atoms with Gasteiger partial charge in [-0.15, -0.1) is 0 Å². The molecule has 16 heavy (non-hydrogen) atoms. The second kappa shape index (κ2) is 3.00. The second-order valence-corrected chi connectivity index (χ2v) is 5.44. The number of carbonyl (C=O) groups excluding carboxylic acids is 1. The van der Waals surface area contributed by atoms with Gasteiger partial charge >= 0.3 is 5.97 Å². The summed E-state index contributed by atoms with van der Waals surface area (Å²) >= 11 is 0. The smallest absolute Gasteiger partial charge is 0.309 e. The predicted octanol–water partition coefficient (Wildman–Crippen LogP) is 1.14. The van der Waals surface area contributed by atoms with Crippen LogP contribution in [0.5, 0.6) is 0 Å². The van der Waals surface area contributed by atoms with E-state index in [0.29, 0.717) is 32.1 Å². The fraction of sp³-hybridized carbons (Fsp3) is 0.750. The van der Waals surface area contributed by atoms with Gasteiger partial charge in [0.2, 0.25) is 0 Å². The minimum absolute atomic E-state index is 0.171. The van der Waals surface area contributed by atoms with Crippen molar-refractivity contribution >= 4 is 5.97 Å². The van der Waals surface area contributed by atoms with E-state index in [2.05, 4.69) is 6.58 Å². The first kappa shape index (κ1) is 10.1. The lowest BCUT2D eigenvalue weighted by atomic mass is 9.63. The Bertz CT molecular complexity index is 353. The standard InChI is InChI=1S/C12H16O4/c1-2-15-12-4-8-3-11(14,7-12)5-9(6-12)16-10(8)13/h2,8-9,14H,1,3-7H2. The summed E-state index contributed by atoms with van der Waals surface area (Å²) in [5, 5.41) is 10.4. The molecule has 4 rings (SSSR count). The summed E-state index contributed by atoms with van der Waals surface area (Å²) in [5.74, 6) is -0.388. The number of aliphatic hydroxyl groups is 1. The molecule has 2 saturated heterocycles. The Labute approximate surface area is 94.2 Å². The first-order valence-electron chi connectivity index (χ1n) is 5.76. The van der Waals surface area contributed by atoms with Crippen LogP contribution in [0.2, 0.25) is 0 Å². The van der Waals surface area contributed by atoms with Gasteiger partial charge in [-0.05, 0) is 6.42 Å². The van der Waals surface area contributed by atoms with Crippen LogP contribution in [-0.2, 0) is 14.3 Å². The van der Waals surface area contributed by atoms with Gasteiger partial charge in [-0.3, -0.25) is 4.79 Å². The number of ether oxygens (including phenoxy) is 2. The van der Waals surface area contributed by atoms with Crippen molar-refractivity contribution in [1.29, 1.82) is 0 Å². The summed E-state index contributed by atoms with van der Waals surface area (Å²) in [6.07, 6.45) is 4.22. The molecule has 0 aromatic heterocycles. The van der Waals surface area contributed by atoms with Gasteiger partial charge in [-0.2, -0.15) is 0 Å². The van der Waals surface area contributed by atoms with E-state index < -0.39 is 11.2 Å². The molecule has 4 aliphatic rings. The molecule has 4 fully saturated rings. The minimum atomic E-state index is -0.791. The van der Waals surface area contributed by atoms with Gasteiger partial charge in [0.15, 0.2) is 0 Å². The van der Waals surface area contributed by atoms with Crippen molar-refractivity contribution in [2.24, 2.45) is 5.92 Å². The van der Waals surface area contributed by atoms with Gasteiger partial charge in [0.25, 0.3) is 0 Å². The highest BCUT2D eigenvalue weighted by atomic mass is 16.6. The predicted molar refractivity (Wildman–Crippen MR) is 55.4 cm³/mol. The molecule has 2 aliphatic carbocycles. The molecule has 4 bridgehead atoms. The topological polar surface area (TPSA) is 55.8 Å². The molecule has 88 valence electrons. The molecule has 0 aromatic rings. The summed E-state index contributed by atoms with van der Waals surface area (Å²) in [6.45, 7) is 3.58. The van der Waals surface area contributed by atoms with Crippen LogP contribution in [-0.4, -0.2) is 28.4 Å². The van der Waals surface area contributed by atoms with E-state index >= 15 is 0 Å². The molecule has 0 amide bonds. The summed E-state index contributed by atoms with van der Waals surface area (Å²) in [4.78, 5) is 11.7. The van der Waals surface area contributed by atoms with Crippen LogP contribution in [0.15, 0.2) is 12.8 Å². The summed E-state index contributed by atoms with van der Waals surface area (Å²) in [7, 11) is 0. The molecule has 4 nitrogen and oxygen atoms in total. The van der Waals surface area contributed by atoms with Crippen LogP contribution in [0.25, 0.3) is 0 Å². The van der Waals surface area contributed by atoms with Crippen molar-refractivity contribution in [3.8, 4) is 0 Å². The van der Waals surface area contributed by atoms with Crippen LogP contribution in [0.4, 0.5) is 0 Å². The highest BCUT2D eigenvalue weighted by molar-refractivity contribution is 5.74. The van der Waals surface area contributed by atoms with Crippen molar-refractivity contribution in [3.05, 3.63) is 12.8 Å². The van der Waals surface area contributed by atoms with E-state index in [1.165, 1.54) is 6.26 Å². The van der Waals surface area contributed by atoms with Gasteiger partial charge in [0.05, 0.1) is 17.8 Å². The van der Waals surface area contributed by atoms with Gasteiger partial charge < -0.3 is 14.6 Å². The highest BCUT2D eigenvalue weighted by Gasteiger charge is 2.59. The Morgan fingerprint density at radius 2 is 2.25 bits per heavy atom. The average Bonchev–Trinajstić information content (AvgIpc) is 2.26. The quantitative estimate of drug-likeness (QED) is 0.564. The van der Waals surface area contributed by atoms with Gasteiger partial charge in [0, 0.05) is 25.7 Å². The van der Waals surface area contributed by atoms with Crippen molar-refractivity contribution < 1.29 is 19.4 Å². The van der Waals surface area contributed by atoms with E-state index in [0.717, 1.165) is 0 Å². The molecular formula is C12H16O4. The van der Waals surface area contributed by atoms with Gasteiger partial charge in [0.1, 0.15) is 11.7 Å². The van der Waals surface area contributed by atoms with Crippen LogP contribution in [0.3, 0.4) is 0 Å². The minimum Gasteiger partial charge on any atom is -0.495 e. The molecule has 4 heteroatoms. The number of fused-ring (bicyclic) bond motifs is 1. The fourth-order valence-corrected chi connectivity index (χ4v) is 3.77. The molecule has 1 N–H and O–H groups in total. The molecule has 2 saturated carbocycles. The number of carbonyl (C=O) groups is 1. The van der Waals surface area contributed by atoms with Crippen LogP contribution < -0.4 is 0 Å². The molecule has 0 radical (unpaired) electrons. The Balaban J connectivity index is 2.00. The molecule has 0 aromatic carbocycles. The third kappa shape index (κ3) is 1.36. The van der Waals surface area contributed by atoms with E-state index in [4.69, 9.17) is 9.47 Å². The normalized spacial score (nSPS) is 49.7. The lowest BCUT2D eigenvalue weighted by Gasteiger charge is -2.49.